The third-order valence-electron chi connectivity index (χ3n) is 11.0. The first-order chi connectivity index (χ1) is 15.6. The number of hydrogen-bond donors (Lipinski definition) is 6. The van der Waals surface area contributed by atoms with E-state index in [4.69, 9.17) is 0 Å². The highest BCUT2D eigenvalue weighted by molar-refractivity contribution is 5.83. The highest BCUT2D eigenvalue weighted by atomic mass is 16.3. The van der Waals surface area contributed by atoms with Crippen molar-refractivity contribution in [3.05, 3.63) is 0 Å². The van der Waals surface area contributed by atoms with Gasteiger partial charge in [0.25, 0.3) is 0 Å². The van der Waals surface area contributed by atoms with Crippen LogP contribution in [-0.2, 0) is 4.79 Å². The molecule has 4 aliphatic carbocycles. The molecule has 0 radical (unpaired) electrons. The Morgan fingerprint density at radius 1 is 1.00 bits per heavy atom. The van der Waals surface area contributed by atoms with Gasteiger partial charge in [-0.05, 0) is 94.8 Å². The average Bonchev–Trinajstić information content (AvgIpc) is 3.01. The van der Waals surface area contributed by atoms with Crippen molar-refractivity contribution in [2.24, 2.45) is 34.5 Å². The number of aliphatic hydroxyl groups excluding tert-OH is 3. The largest absolute Gasteiger partial charge is 0.393 e. The molecular formula is C27H46O7. The molecule has 0 aliphatic heterocycles. The molecule has 196 valence electrons. The van der Waals surface area contributed by atoms with E-state index in [1.165, 1.54) is 0 Å². The predicted molar refractivity (Wildman–Crippen MR) is 127 cm³/mol. The van der Waals surface area contributed by atoms with Gasteiger partial charge < -0.3 is 30.6 Å². The normalized spacial score (nSPS) is 48.6. The summed E-state index contributed by atoms with van der Waals surface area (Å²) in [5, 5.41) is 65.0. The van der Waals surface area contributed by atoms with E-state index in [-0.39, 0.29) is 42.3 Å². The summed E-state index contributed by atoms with van der Waals surface area (Å²) in [6.07, 6.45) is 3.11. The number of fused-ring (bicyclic) bond motifs is 5. The third-order valence-corrected chi connectivity index (χ3v) is 11.0. The van der Waals surface area contributed by atoms with Gasteiger partial charge in [0.15, 0.2) is 0 Å². The zero-order valence-corrected chi connectivity index (χ0v) is 21.3. The summed E-state index contributed by atoms with van der Waals surface area (Å²) < 4.78 is 0. The van der Waals surface area contributed by atoms with Crippen molar-refractivity contribution < 1.29 is 35.4 Å². The van der Waals surface area contributed by atoms with Crippen LogP contribution < -0.4 is 0 Å². The Morgan fingerprint density at radius 3 is 2.29 bits per heavy atom. The summed E-state index contributed by atoms with van der Waals surface area (Å²) in [5.74, 6) is -0.734. The number of Topliss-reactive ketones (excluding diaryl/α,β-unsaturated/α-hetero) is 1. The molecule has 7 heteroatoms. The van der Waals surface area contributed by atoms with Crippen molar-refractivity contribution in [2.45, 2.75) is 121 Å². The van der Waals surface area contributed by atoms with Crippen LogP contribution >= 0.6 is 0 Å². The molecule has 0 heterocycles. The van der Waals surface area contributed by atoms with Crippen LogP contribution in [0.3, 0.4) is 0 Å². The lowest BCUT2D eigenvalue weighted by Gasteiger charge is -2.64. The van der Waals surface area contributed by atoms with Gasteiger partial charge in [-0.3, -0.25) is 4.79 Å². The van der Waals surface area contributed by atoms with Crippen molar-refractivity contribution in [3.63, 3.8) is 0 Å². The summed E-state index contributed by atoms with van der Waals surface area (Å²) in [4.78, 5) is 13.3. The molecule has 0 amide bonds. The van der Waals surface area contributed by atoms with Crippen molar-refractivity contribution >= 4 is 5.78 Å². The predicted octanol–water partition coefficient (Wildman–Crippen LogP) is 1.94. The Kier molecular flexibility index (Phi) is 6.61. The number of carbonyl (C=O) groups excluding carboxylic acids is 1. The Bertz CT molecular complexity index is 794. The molecule has 4 saturated carbocycles. The van der Waals surface area contributed by atoms with Gasteiger partial charge in [-0.25, -0.2) is 0 Å². The van der Waals surface area contributed by atoms with Crippen LogP contribution in [0, 0.1) is 34.5 Å². The van der Waals surface area contributed by atoms with E-state index < -0.39 is 46.4 Å². The summed E-state index contributed by atoms with van der Waals surface area (Å²) in [6.45, 7) is 7.15. The molecule has 10 atom stereocenters. The second-order valence-corrected chi connectivity index (χ2v) is 13.4. The second kappa shape index (κ2) is 8.49. The van der Waals surface area contributed by atoms with Crippen LogP contribution in [0.25, 0.3) is 0 Å². The Hall–Kier alpha value is -0.570. The van der Waals surface area contributed by atoms with Gasteiger partial charge in [0.05, 0.1) is 35.6 Å². The minimum absolute atomic E-state index is 0.0617. The molecule has 7 nitrogen and oxygen atoms in total. The van der Waals surface area contributed by atoms with Crippen LogP contribution in [-0.4, -0.2) is 72.0 Å². The topological polar surface area (TPSA) is 138 Å². The first-order valence-electron chi connectivity index (χ1n) is 13.3. The molecule has 6 N–H and O–H groups in total. The third kappa shape index (κ3) is 3.90. The van der Waals surface area contributed by atoms with Gasteiger partial charge >= 0.3 is 0 Å². The lowest BCUT2D eigenvalue weighted by molar-refractivity contribution is -0.229. The summed E-state index contributed by atoms with van der Waals surface area (Å²) in [7, 11) is 0. The first kappa shape index (κ1) is 26.5. The van der Waals surface area contributed by atoms with E-state index in [0.29, 0.717) is 44.9 Å². The smallest absolute Gasteiger partial charge is 0.137 e. The van der Waals surface area contributed by atoms with E-state index in [2.05, 4.69) is 6.92 Å². The summed E-state index contributed by atoms with van der Waals surface area (Å²) >= 11 is 0. The Morgan fingerprint density at radius 2 is 1.68 bits per heavy atom. The number of ketones is 1. The Labute approximate surface area is 203 Å². The first-order valence-corrected chi connectivity index (χ1v) is 13.3. The molecule has 0 spiro atoms. The quantitative estimate of drug-likeness (QED) is 0.340. The van der Waals surface area contributed by atoms with E-state index >= 15 is 0 Å². The van der Waals surface area contributed by atoms with Gasteiger partial charge in [0.1, 0.15) is 5.78 Å². The minimum atomic E-state index is -1.35. The number of hydrogen-bond acceptors (Lipinski definition) is 7. The van der Waals surface area contributed by atoms with E-state index in [9.17, 15) is 35.4 Å². The maximum Gasteiger partial charge on any atom is 0.137 e. The van der Waals surface area contributed by atoms with Crippen LogP contribution in [0.15, 0.2) is 0 Å². The van der Waals surface area contributed by atoms with Gasteiger partial charge in [-0.1, -0.05) is 13.8 Å². The van der Waals surface area contributed by atoms with Gasteiger partial charge in [0.2, 0.25) is 0 Å². The molecule has 0 aromatic heterocycles. The van der Waals surface area contributed by atoms with E-state index in [0.717, 1.165) is 6.42 Å². The van der Waals surface area contributed by atoms with Crippen LogP contribution in [0.2, 0.25) is 0 Å². The monoisotopic (exact) mass is 482 g/mol. The lowest BCUT2D eigenvalue weighted by atomic mass is 9.42. The maximum atomic E-state index is 13.3. The van der Waals surface area contributed by atoms with Crippen LogP contribution in [0.5, 0.6) is 0 Å². The molecule has 4 fully saturated rings. The SMILES string of the molecule is CC(C)(O)CCC[C@@](O)(CO)[C@H]1CC[C@]2(O)C3CC(=O)[C@@H]4C[C@@H](O)[C@@H](O)C[C@]4(C)[C@@H]3CC[C@]12C. The highest BCUT2D eigenvalue weighted by Gasteiger charge is 2.71. The molecule has 4 aliphatic rings. The van der Waals surface area contributed by atoms with Gasteiger partial charge in [-0.2, -0.15) is 0 Å². The molecule has 0 saturated heterocycles. The highest BCUT2D eigenvalue weighted by Crippen LogP contribution is 2.69. The number of rotatable bonds is 6. The van der Waals surface area contributed by atoms with Crippen LogP contribution in [0.1, 0.15) is 91.9 Å². The molecule has 0 aromatic carbocycles. The van der Waals surface area contributed by atoms with Crippen molar-refractivity contribution in [3.8, 4) is 0 Å². The van der Waals surface area contributed by atoms with Crippen molar-refractivity contribution in [1.82, 2.24) is 0 Å². The fourth-order valence-corrected chi connectivity index (χ4v) is 9.08. The standard InChI is InChI=1S/C27H46O7/c1-23(2,32)8-5-9-26(33,15-28)22-7-11-27(34)17-12-19(29)18-13-20(30)21(31)14-24(18,3)16(17)6-10-25(22,27)4/h16-18,20-22,28,30-34H,5-15H2,1-4H3/t16-,17?,18+,20-,21+,22+,24-,25-,26-,27+/m1/s1. The fourth-order valence-electron chi connectivity index (χ4n) is 9.08. The zero-order valence-electron chi connectivity index (χ0n) is 21.3. The number of carbonyl (C=O) groups is 1. The molecule has 1 unspecified atom stereocenters. The van der Waals surface area contributed by atoms with Crippen LogP contribution in [0.4, 0.5) is 0 Å². The van der Waals surface area contributed by atoms with Gasteiger partial charge in [-0.15, -0.1) is 0 Å². The molecule has 0 aromatic rings. The molecule has 34 heavy (non-hydrogen) atoms. The molecule has 4 rings (SSSR count). The Balaban J connectivity index is 1.62. The van der Waals surface area contributed by atoms with E-state index in [1.54, 1.807) is 13.8 Å². The van der Waals surface area contributed by atoms with Crippen molar-refractivity contribution in [1.29, 1.82) is 0 Å². The zero-order chi connectivity index (χ0) is 25.3. The average molecular weight is 483 g/mol. The maximum absolute atomic E-state index is 13.3. The summed E-state index contributed by atoms with van der Waals surface area (Å²) in [6, 6.07) is 0. The van der Waals surface area contributed by atoms with Crippen molar-refractivity contribution in [2.75, 3.05) is 6.61 Å². The fraction of sp³-hybridized carbons (Fsp3) is 0.963. The lowest BCUT2D eigenvalue weighted by Crippen LogP contribution is -2.66. The number of aliphatic hydroxyl groups is 6. The minimum Gasteiger partial charge on any atom is -0.393 e. The summed E-state index contributed by atoms with van der Waals surface area (Å²) in [5.41, 5.74) is -4.44. The second-order valence-electron chi connectivity index (χ2n) is 13.4. The molecule has 0 bridgehead atoms. The van der Waals surface area contributed by atoms with E-state index in [1.807, 2.05) is 6.92 Å². The molecular weight excluding hydrogens is 436 g/mol. The van der Waals surface area contributed by atoms with Gasteiger partial charge in [0, 0.05) is 17.8 Å².